The summed E-state index contributed by atoms with van der Waals surface area (Å²) in [6, 6.07) is 0.405. The van der Waals surface area contributed by atoms with Crippen LogP contribution in [0.15, 0.2) is 0 Å². The van der Waals surface area contributed by atoms with E-state index in [0.29, 0.717) is 25.6 Å². The first-order chi connectivity index (χ1) is 8.65. The predicted molar refractivity (Wildman–Crippen MR) is 76.3 cm³/mol. The largest absolute Gasteiger partial charge is 0.342 e. The molecule has 2 aliphatic heterocycles. The highest BCUT2D eigenvalue weighted by molar-refractivity contribution is 5.89. The average molecular weight is 290 g/mol. The van der Waals surface area contributed by atoms with Crippen LogP contribution in [-0.4, -0.2) is 60.9 Å². The van der Waals surface area contributed by atoms with Crippen LogP contribution in [0.3, 0.4) is 0 Å². The number of rotatable bonds is 3. The van der Waals surface area contributed by atoms with Crippen molar-refractivity contribution >= 4 is 24.2 Å². The van der Waals surface area contributed by atoms with E-state index >= 15 is 0 Å². The molecule has 2 atom stereocenters. The zero-order valence-electron chi connectivity index (χ0n) is 11.7. The van der Waals surface area contributed by atoms with Crippen LogP contribution in [0.5, 0.6) is 0 Å². The highest BCUT2D eigenvalue weighted by Gasteiger charge is 2.36. The van der Waals surface area contributed by atoms with E-state index in [4.69, 9.17) is 0 Å². The Morgan fingerprint density at radius 3 is 2.74 bits per heavy atom. The van der Waals surface area contributed by atoms with E-state index in [0.717, 1.165) is 25.9 Å². The van der Waals surface area contributed by atoms with Crippen LogP contribution in [0, 0.1) is 5.92 Å². The number of nitrogens with one attached hydrogen (secondary N) is 1. The van der Waals surface area contributed by atoms with Crippen molar-refractivity contribution in [3.05, 3.63) is 0 Å². The summed E-state index contributed by atoms with van der Waals surface area (Å²) in [4.78, 5) is 27.8. The van der Waals surface area contributed by atoms with Gasteiger partial charge in [-0.15, -0.1) is 12.4 Å². The van der Waals surface area contributed by atoms with Crippen LogP contribution in [0.2, 0.25) is 0 Å². The van der Waals surface area contributed by atoms with Crippen LogP contribution in [-0.2, 0) is 9.59 Å². The van der Waals surface area contributed by atoms with Crippen molar-refractivity contribution < 1.29 is 9.59 Å². The zero-order chi connectivity index (χ0) is 13.1. The van der Waals surface area contributed by atoms with Gasteiger partial charge in [0.25, 0.3) is 0 Å². The normalized spacial score (nSPS) is 27.4. The van der Waals surface area contributed by atoms with E-state index in [1.165, 1.54) is 0 Å². The van der Waals surface area contributed by atoms with Gasteiger partial charge >= 0.3 is 0 Å². The maximum atomic E-state index is 12.4. The molecule has 6 heteroatoms. The van der Waals surface area contributed by atoms with E-state index in [1.54, 1.807) is 4.90 Å². The highest BCUT2D eigenvalue weighted by atomic mass is 35.5. The molecule has 2 heterocycles. The van der Waals surface area contributed by atoms with Gasteiger partial charge in [0.15, 0.2) is 0 Å². The molecule has 1 N–H and O–H groups in total. The number of nitrogens with zero attached hydrogens (tertiary/aromatic N) is 2. The van der Waals surface area contributed by atoms with Crippen molar-refractivity contribution in [2.75, 3.05) is 33.2 Å². The van der Waals surface area contributed by atoms with Crippen molar-refractivity contribution in [2.24, 2.45) is 5.92 Å². The van der Waals surface area contributed by atoms with Crippen LogP contribution < -0.4 is 5.32 Å². The summed E-state index contributed by atoms with van der Waals surface area (Å²) >= 11 is 0. The molecule has 0 aromatic rings. The molecular weight excluding hydrogens is 266 g/mol. The molecule has 2 aliphatic rings. The lowest BCUT2D eigenvalue weighted by Crippen LogP contribution is -2.49. The SMILES string of the molecule is CCN1CC(C(=O)N2CCCC(NC)C2)CC1=O.Cl. The second kappa shape index (κ2) is 7.10. The molecule has 2 unspecified atom stereocenters. The first-order valence-corrected chi connectivity index (χ1v) is 6.89. The molecule has 0 saturated carbocycles. The van der Waals surface area contributed by atoms with Crippen molar-refractivity contribution in [1.82, 2.24) is 15.1 Å². The van der Waals surface area contributed by atoms with Crippen LogP contribution >= 0.6 is 12.4 Å². The standard InChI is InChI=1S/C13H23N3O2.ClH/c1-3-15-8-10(7-12(15)17)13(18)16-6-4-5-11(9-16)14-2;/h10-11,14H,3-9H2,1-2H3;1H. The third-order valence-corrected chi connectivity index (χ3v) is 4.09. The number of carbonyl (C=O) groups excluding carboxylic acids is 2. The van der Waals surface area contributed by atoms with Gasteiger partial charge < -0.3 is 15.1 Å². The van der Waals surface area contributed by atoms with Gasteiger partial charge in [0.05, 0.1) is 5.92 Å². The number of halogens is 1. The van der Waals surface area contributed by atoms with Gasteiger partial charge in [-0.3, -0.25) is 9.59 Å². The van der Waals surface area contributed by atoms with Gasteiger partial charge in [0.2, 0.25) is 11.8 Å². The summed E-state index contributed by atoms with van der Waals surface area (Å²) in [6.07, 6.45) is 2.58. The lowest BCUT2D eigenvalue weighted by atomic mass is 10.0. The van der Waals surface area contributed by atoms with Crippen molar-refractivity contribution in [3.8, 4) is 0 Å². The molecule has 110 valence electrons. The summed E-state index contributed by atoms with van der Waals surface area (Å²) in [5, 5.41) is 3.24. The zero-order valence-corrected chi connectivity index (χ0v) is 12.5. The molecule has 0 spiro atoms. The first-order valence-electron chi connectivity index (χ1n) is 6.89. The summed E-state index contributed by atoms with van der Waals surface area (Å²) in [5.74, 6) is 0.172. The Labute approximate surface area is 121 Å². The average Bonchev–Trinajstić information content (AvgIpc) is 2.79. The maximum absolute atomic E-state index is 12.4. The third kappa shape index (κ3) is 3.60. The predicted octanol–water partition coefficient (Wildman–Crippen LogP) is 0.487. The fourth-order valence-corrected chi connectivity index (χ4v) is 2.91. The van der Waals surface area contributed by atoms with Gasteiger partial charge in [0.1, 0.15) is 0 Å². The van der Waals surface area contributed by atoms with Crippen molar-refractivity contribution in [3.63, 3.8) is 0 Å². The molecule has 0 bridgehead atoms. The second-order valence-electron chi connectivity index (χ2n) is 5.25. The lowest BCUT2D eigenvalue weighted by Gasteiger charge is -2.34. The van der Waals surface area contributed by atoms with Crippen molar-refractivity contribution in [1.29, 1.82) is 0 Å². The molecule has 2 amide bonds. The van der Waals surface area contributed by atoms with E-state index in [1.807, 2.05) is 18.9 Å². The topological polar surface area (TPSA) is 52.7 Å². The monoisotopic (exact) mass is 289 g/mol. The summed E-state index contributed by atoms with van der Waals surface area (Å²) in [7, 11) is 1.94. The number of carbonyl (C=O) groups is 2. The van der Waals surface area contributed by atoms with E-state index in [-0.39, 0.29) is 30.1 Å². The first kappa shape index (κ1) is 16.2. The molecule has 2 rings (SSSR count). The van der Waals surface area contributed by atoms with Gasteiger partial charge in [-0.1, -0.05) is 0 Å². The fraction of sp³-hybridized carbons (Fsp3) is 0.846. The smallest absolute Gasteiger partial charge is 0.228 e. The summed E-state index contributed by atoms with van der Waals surface area (Å²) < 4.78 is 0. The Morgan fingerprint density at radius 2 is 2.16 bits per heavy atom. The number of piperidine rings is 1. The quantitative estimate of drug-likeness (QED) is 0.823. The molecule has 0 aromatic carbocycles. The van der Waals surface area contributed by atoms with Gasteiger partial charge in [-0.2, -0.15) is 0 Å². The van der Waals surface area contributed by atoms with E-state index in [2.05, 4.69) is 5.32 Å². The molecule has 2 saturated heterocycles. The summed E-state index contributed by atoms with van der Waals surface area (Å²) in [5.41, 5.74) is 0. The Balaban J connectivity index is 0.00000180. The molecule has 19 heavy (non-hydrogen) atoms. The van der Waals surface area contributed by atoms with Crippen LogP contribution in [0.1, 0.15) is 26.2 Å². The van der Waals surface area contributed by atoms with Gasteiger partial charge in [0, 0.05) is 38.6 Å². The number of likely N-dealkylation sites (tertiary alicyclic amines) is 2. The van der Waals surface area contributed by atoms with Gasteiger partial charge in [-0.25, -0.2) is 0 Å². The number of likely N-dealkylation sites (N-methyl/N-ethyl adjacent to an activating group) is 1. The minimum absolute atomic E-state index is 0. The molecule has 0 aromatic heterocycles. The number of hydrogen-bond donors (Lipinski definition) is 1. The van der Waals surface area contributed by atoms with Crippen LogP contribution in [0.4, 0.5) is 0 Å². The van der Waals surface area contributed by atoms with E-state index in [9.17, 15) is 9.59 Å². The Bertz CT molecular complexity index is 338. The maximum Gasteiger partial charge on any atom is 0.228 e. The Kier molecular flexibility index (Phi) is 6.07. The second-order valence-corrected chi connectivity index (χ2v) is 5.25. The van der Waals surface area contributed by atoms with E-state index < -0.39 is 0 Å². The lowest BCUT2D eigenvalue weighted by molar-refractivity contribution is -0.137. The Morgan fingerprint density at radius 1 is 1.42 bits per heavy atom. The minimum Gasteiger partial charge on any atom is -0.342 e. The molecular formula is C13H24ClN3O2. The van der Waals surface area contributed by atoms with Crippen molar-refractivity contribution in [2.45, 2.75) is 32.2 Å². The van der Waals surface area contributed by atoms with Gasteiger partial charge in [-0.05, 0) is 26.8 Å². The fourth-order valence-electron chi connectivity index (χ4n) is 2.91. The molecule has 2 fully saturated rings. The molecule has 0 radical (unpaired) electrons. The minimum atomic E-state index is -0.118. The number of amides is 2. The Hall–Kier alpha value is -0.810. The molecule has 5 nitrogen and oxygen atoms in total. The third-order valence-electron chi connectivity index (χ3n) is 4.09. The number of hydrogen-bond acceptors (Lipinski definition) is 3. The highest BCUT2D eigenvalue weighted by Crippen LogP contribution is 2.21. The van der Waals surface area contributed by atoms with Crippen LogP contribution in [0.25, 0.3) is 0 Å². The summed E-state index contributed by atoms with van der Waals surface area (Å²) in [6.45, 7) is 4.90. The molecule has 0 aliphatic carbocycles.